The average Bonchev–Trinajstić information content (AvgIpc) is 2.90. The lowest BCUT2D eigenvalue weighted by molar-refractivity contribution is 1.48. The van der Waals surface area contributed by atoms with Crippen LogP contribution in [-0.4, -0.2) is 0 Å². The Bertz CT molecular complexity index is 166. The van der Waals surface area contributed by atoms with Crippen LogP contribution in [0.2, 0.25) is 0 Å². The molecule has 0 saturated heterocycles. The number of rotatable bonds is 2. The first-order chi connectivity index (χ1) is 5.81. The Morgan fingerprint density at radius 2 is 1.58 bits per heavy atom. The maximum Gasteiger partial charge on any atom is -0.0401 e. The Balaban J connectivity index is 0.000000330. The number of allylic oxidation sites excluding steroid dienone is 6. The van der Waals surface area contributed by atoms with Crippen molar-refractivity contribution in [2.75, 3.05) is 0 Å². The van der Waals surface area contributed by atoms with E-state index in [4.69, 9.17) is 0 Å². The van der Waals surface area contributed by atoms with E-state index in [9.17, 15) is 0 Å². The summed E-state index contributed by atoms with van der Waals surface area (Å²) in [4.78, 5) is 0. The van der Waals surface area contributed by atoms with Gasteiger partial charge in [-0.05, 0) is 20.8 Å². The van der Waals surface area contributed by atoms with Crippen LogP contribution in [-0.2, 0) is 0 Å². The van der Waals surface area contributed by atoms with Crippen molar-refractivity contribution in [2.45, 2.75) is 40.0 Å². The van der Waals surface area contributed by atoms with E-state index in [1.165, 1.54) is 24.8 Å². The summed E-state index contributed by atoms with van der Waals surface area (Å²) in [6.45, 7) is 6.13. The first kappa shape index (κ1) is 11.2. The lowest BCUT2D eigenvalue weighted by Gasteiger charge is -1.82. The minimum absolute atomic E-state index is 1.30. The van der Waals surface area contributed by atoms with E-state index in [2.05, 4.69) is 19.1 Å². The highest BCUT2D eigenvalue weighted by Gasteiger charge is 1.95. The average molecular weight is 164 g/mol. The fraction of sp³-hybridized carbons (Fsp3) is 0.500. The van der Waals surface area contributed by atoms with Gasteiger partial charge in [0.25, 0.3) is 0 Å². The minimum Gasteiger partial charge on any atom is -0.0877 e. The molecule has 12 heavy (non-hydrogen) atoms. The monoisotopic (exact) mass is 164 g/mol. The molecule has 0 aromatic rings. The van der Waals surface area contributed by atoms with Crippen LogP contribution in [0, 0.1) is 0 Å². The van der Waals surface area contributed by atoms with Crippen LogP contribution in [0.3, 0.4) is 0 Å². The lowest BCUT2D eigenvalue weighted by atomic mass is 10.2. The minimum atomic E-state index is 1.30. The van der Waals surface area contributed by atoms with Crippen LogP contribution in [0.5, 0.6) is 0 Å². The zero-order valence-electron chi connectivity index (χ0n) is 8.51. The van der Waals surface area contributed by atoms with Gasteiger partial charge in [0.2, 0.25) is 0 Å². The highest BCUT2D eigenvalue weighted by atomic mass is 14.0. The molecular weight excluding hydrogens is 144 g/mol. The van der Waals surface area contributed by atoms with Gasteiger partial charge in [0.15, 0.2) is 0 Å². The van der Waals surface area contributed by atoms with Gasteiger partial charge in [-0.2, -0.15) is 0 Å². The molecule has 1 rings (SSSR count). The first-order valence-corrected chi connectivity index (χ1v) is 4.73. The SMILES string of the molecule is C/C=C/C=C\C(C)=C\C.C1CC1. The summed E-state index contributed by atoms with van der Waals surface area (Å²) < 4.78 is 0. The van der Waals surface area contributed by atoms with Crippen molar-refractivity contribution in [3.8, 4) is 0 Å². The Morgan fingerprint density at radius 3 is 1.92 bits per heavy atom. The van der Waals surface area contributed by atoms with Gasteiger partial charge in [-0.25, -0.2) is 0 Å². The van der Waals surface area contributed by atoms with E-state index in [1.54, 1.807) is 0 Å². The van der Waals surface area contributed by atoms with Crippen LogP contribution in [0.25, 0.3) is 0 Å². The fourth-order valence-electron chi connectivity index (χ4n) is 0.415. The van der Waals surface area contributed by atoms with Gasteiger partial charge < -0.3 is 0 Å². The Hall–Kier alpha value is -0.780. The quantitative estimate of drug-likeness (QED) is 0.535. The smallest absolute Gasteiger partial charge is 0.0401 e. The van der Waals surface area contributed by atoms with Gasteiger partial charge in [0.05, 0.1) is 0 Å². The van der Waals surface area contributed by atoms with Crippen LogP contribution in [0.1, 0.15) is 40.0 Å². The molecule has 0 radical (unpaired) electrons. The lowest BCUT2D eigenvalue weighted by Crippen LogP contribution is -1.61. The molecule has 0 unspecified atom stereocenters. The van der Waals surface area contributed by atoms with Gasteiger partial charge in [-0.15, -0.1) is 0 Å². The normalized spacial score (nSPS) is 16.4. The molecule has 0 heterocycles. The molecule has 0 aromatic carbocycles. The molecule has 0 aromatic heterocycles. The van der Waals surface area contributed by atoms with Gasteiger partial charge in [0, 0.05) is 0 Å². The van der Waals surface area contributed by atoms with Crippen LogP contribution < -0.4 is 0 Å². The molecule has 0 spiro atoms. The molecule has 0 N–H and O–H groups in total. The van der Waals surface area contributed by atoms with Crippen molar-refractivity contribution in [2.24, 2.45) is 0 Å². The second kappa shape index (κ2) is 8.32. The van der Waals surface area contributed by atoms with Crippen molar-refractivity contribution in [3.63, 3.8) is 0 Å². The maximum atomic E-state index is 2.08. The van der Waals surface area contributed by atoms with Crippen molar-refractivity contribution in [1.29, 1.82) is 0 Å². The summed E-state index contributed by atoms with van der Waals surface area (Å²) in [5, 5.41) is 0. The summed E-state index contributed by atoms with van der Waals surface area (Å²) in [6, 6.07) is 0. The summed E-state index contributed by atoms with van der Waals surface area (Å²) in [5.41, 5.74) is 1.30. The van der Waals surface area contributed by atoms with E-state index < -0.39 is 0 Å². The predicted octanol–water partition coefficient (Wildman–Crippen LogP) is 4.26. The summed E-state index contributed by atoms with van der Waals surface area (Å²) in [5.74, 6) is 0. The molecule has 0 aliphatic heterocycles. The van der Waals surface area contributed by atoms with Crippen molar-refractivity contribution < 1.29 is 0 Å². The third-order valence-corrected chi connectivity index (χ3v) is 1.47. The zero-order valence-corrected chi connectivity index (χ0v) is 8.51. The molecule has 0 bridgehead atoms. The van der Waals surface area contributed by atoms with E-state index in [-0.39, 0.29) is 0 Å². The van der Waals surface area contributed by atoms with Crippen LogP contribution >= 0.6 is 0 Å². The largest absolute Gasteiger partial charge is 0.0877 e. The molecule has 0 heteroatoms. The topological polar surface area (TPSA) is 0 Å². The van der Waals surface area contributed by atoms with Crippen molar-refractivity contribution in [3.05, 3.63) is 36.0 Å². The first-order valence-electron chi connectivity index (χ1n) is 4.73. The Labute approximate surface area is 76.7 Å². The molecule has 1 aliphatic rings. The number of hydrogen-bond donors (Lipinski definition) is 0. The highest BCUT2D eigenvalue weighted by Crippen LogP contribution is 2.14. The van der Waals surface area contributed by atoms with Gasteiger partial charge in [-0.3, -0.25) is 0 Å². The van der Waals surface area contributed by atoms with Gasteiger partial charge in [0.1, 0.15) is 0 Å². The maximum absolute atomic E-state index is 2.08. The molecule has 1 saturated carbocycles. The second-order valence-electron chi connectivity index (χ2n) is 2.98. The molecule has 1 aliphatic carbocycles. The van der Waals surface area contributed by atoms with Crippen LogP contribution in [0.15, 0.2) is 36.0 Å². The van der Waals surface area contributed by atoms with E-state index in [0.29, 0.717) is 0 Å². The molecular formula is C12H20. The molecule has 0 nitrogen and oxygen atoms in total. The number of hydrogen-bond acceptors (Lipinski definition) is 0. The standard InChI is InChI=1S/C9H14.C3H6/c1-4-6-7-8-9(3)5-2;1-2-3-1/h4-8H,1-3H3;1-3H2/b6-4+,8-7-,9-5+;. The third kappa shape index (κ3) is 12.0. The zero-order chi connectivity index (χ0) is 9.23. The Morgan fingerprint density at radius 1 is 1.00 bits per heavy atom. The van der Waals surface area contributed by atoms with Crippen molar-refractivity contribution in [1.82, 2.24) is 0 Å². The molecule has 0 atom stereocenters. The van der Waals surface area contributed by atoms with E-state index in [1.807, 2.05) is 32.1 Å². The van der Waals surface area contributed by atoms with Crippen molar-refractivity contribution >= 4 is 0 Å². The Kier molecular flexibility index (Phi) is 7.78. The second-order valence-corrected chi connectivity index (χ2v) is 2.98. The molecule has 68 valence electrons. The highest BCUT2D eigenvalue weighted by molar-refractivity contribution is 5.18. The van der Waals surface area contributed by atoms with E-state index >= 15 is 0 Å². The third-order valence-electron chi connectivity index (χ3n) is 1.47. The van der Waals surface area contributed by atoms with Gasteiger partial charge in [-0.1, -0.05) is 55.2 Å². The predicted molar refractivity (Wildman–Crippen MR) is 57.2 cm³/mol. The van der Waals surface area contributed by atoms with Gasteiger partial charge >= 0.3 is 0 Å². The van der Waals surface area contributed by atoms with E-state index in [0.717, 1.165) is 0 Å². The summed E-state index contributed by atoms with van der Waals surface area (Å²) in [7, 11) is 0. The molecule has 1 fully saturated rings. The summed E-state index contributed by atoms with van der Waals surface area (Å²) in [6.07, 6.45) is 14.7. The fourth-order valence-corrected chi connectivity index (χ4v) is 0.415. The molecule has 0 amide bonds. The van der Waals surface area contributed by atoms with Crippen LogP contribution in [0.4, 0.5) is 0 Å². The summed E-state index contributed by atoms with van der Waals surface area (Å²) >= 11 is 0.